The first kappa shape index (κ1) is 20.9. The van der Waals surface area contributed by atoms with Crippen LogP contribution in [0.1, 0.15) is 76.3 Å². The van der Waals surface area contributed by atoms with E-state index in [-0.39, 0.29) is 4.90 Å². The first-order valence-electron chi connectivity index (χ1n) is 9.98. The molecular formula is C22H32O3S. The highest BCUT2D eigenvalue weighted by atomic mass is 32.2. The zero-order chi connectivity index (χ0) is 19.0. The molecule has 0 aliphatic heterocycles. The minimum atomic E-state index is -4.19. The van der Waals surface area contributed by atoms with Crippen LogP contribution in [0, 0.1) is 0 Å². The van der Waals surface area contributed by atoms with E-state index < -0.39 is 10.1 Å². The molecule has 0 heterocycles. The second kappa shape index (κ2) is 10.1. The van der Waals surface area contributed by atoms with Gasteiger partial charge in [-0.1, -0.05) is 70.6 Å². The molecule has 2 aromatic carbocycles. The van der Waals surface area contributed by atoms with Gasteiger partial charge in [0.25, 0.3) is 10.1 Å². The average Bonchev–Trinajstić information content (AvgIpc) is 2.61. The van der Waals surface area contributed by atoms with Crippen LogP contribution in [0.2, 0.25) is 0 Å². The van der Waals surface area contributed by atoms with E-state index in [9.17, 15) is 13.0 Å². The molecule has 2 aromatic rings. The van der Waals surface area contributed by atoms with Gasteiger partial charge in [0.15, 0.2) is 0 Å². The van der Waals surface area contributed by atoms with E-state index >= 15 is 0 Å². The van der Waals surface area contributed by atoms with Crippen LogP contribution in [0.5, 0.6) is 0 Å². The summed E-state index contributed by atoms with van der Waals surface area (Å²) in [6.07, 6.45) is 11.3. The van der Waals surface area contributed by atoms with E-state index in [1.165, 1.54) is 37.7 Å². The highest BCUT2D eigenvalue weighted by Gasteiger charge is 2.14. The first-order chi connectivity index (χ1) is 12.5. The molecule has 0 unspecified atom stereocenters. The van der Waals surface area contributed by atoms with Crippen molar-refractivity contribution in [1.29, 1.82) is 0 Å². The van der Waals surface area contributed by atoms with Gasteiger partial charge in [-0.15, -0.1) is 0 Å². The Balaban J connectivity index is 2.30. The SMILES string of the molecule is CCCCCCc1ccc2c(CCCCCC)cc(S(=O)(=O)O)cc2c1. The smallest absolute Gasteiger partial charge is 0.282 e. The third kappa shape index (κ3) is 6.10. The van der Waals surface area contributed by atoms with E-state index in [0.29, 0.717) is 0 Å². The fourth-order valence-corrected chi connectivity index (χ4v) is 4.04. The van der Waals surface area contributed by atoms with Crippen molar-refractivity contribution in [2.24, 2.45) is 0 Å². The lowest BCUT2D eigenvalue weighted by Gasteiger charge is -2.11. The maximum atomic E-state index is 11.7. The van der Waals surface area contributed by atoms with Crippen molar-refractivity contribution in [3.05, 3.63) is 41.5 Å². The summed E-state index contributed by atoms with van der Waals surface area (Å²) in [7, 11) is -4.19. The summed E-state index contributed by atoms with van der Waals surface area (Å²) in [5.74, 6) is 0. The summed E-state index contributed by atoms with van der Waals surface area (Å²) in [6.45, 7) is 4.38. The first-order valence-corrected chi connectivity index (χ1v) is 11.4. The van der Waals surface area contributed by atoms with Crippen LogP contribution in [0.25, 0.3) is 10.8 Å². The maximum Gasteiger partial charge on any atom is 0.294 e. The quantitative estimate of drug-likeness (QED) is 0.368. The zero-order valence-corrected chi connectivity index (χ0v) is 16.9. The van der Waals surface area contributed by atoms with Crippen molar-refractivity contribution in [1.82, 2.24) is 0 Å². The Morgan fingerprint density at radius 2 is 1.46 bits per heavy atom. The Kier molecular flexibility index (Phi) is 8.11. The fraction of sp³-hybridized carbons (Fsp3) is 0.545. The van der Waals surface area contributed by atoms with Crippen molar-refractivity contribution >= 4 is 20.9 Å². The monoisotopic (exact) mass is 376 g/mol. The molecule has 0 aliphatic carbocycles. The van der Waals surface area contributed by atoms with Crippen LogP contribution in [0.4, 0.5) is 0 Å². The summed E-state index contributed by atoms with van der Waals surface area (Å²) < 4.78 is 32.9. The van der Waals surface area contributed by atoms with Crippen LogP contribution in [-0.4, -0.2) is 13.0 Å². The number of aryl methyl sites for hydroxylation is 2. The Hall–Kier alpha value is -1.39. The van der Waals surface area contributed by atoms with Crippen LogP contribution >= 0.6 is 0 Å². The number of hydrogen-bond donors (Lipinski definition) is 1. The van der Waals surface area contributed by atoms with Gasteiger partial charge < -0.3 is 0 Å². The van der Waals surface area contributed by atoms with Crippen LogP contribution in [-0.2, 0) is 23.0 Å². The Labute approximate surface area is 158 Å². The summed E-state index contributed by atoms with van der Waals surface area (Å²) >= 11 is 0. The predicted molar refractivity (Wildman–Crippen MR) is 109 cm³/mol. The molecule has 0 amide bonds. The molecule has 0 spiro atoms. The van der Waals surface area contributed by atoms with Gasteiger partial charge in [0.05, 0.1) is 4.90 Å². The molecule has 3 nitrogen and oxygen atoms in total. The van der Waals surface area contributed by atoms with Crippen molar-refractivity contribution < 1.29 is 13.0 Å². The van der Waals surface area contributed by atoms with Crippen LogP contribution in [0.3, 0.4) is 0 Å². The lowest BCUT2D eigenvalue weighted by atomic mass is 9.96. The van der Waals surface area contributed by atoms with Crippen molar-refractivity contribution in [3.63, 3.8) is 0 Å². The maximum absolute atomic E-state index is 11.7. The highest BCUT2D eigenvalue weighted by Crippen LogP contribution is 2.27. The van der Waals surface area contributed by atoms with Gasteiger partial charge in [0.2, 0.25) is 0 Å². The van der Waals surface area contributed by atoms with Gasteiger partial charge in [0, 0.05) is 0 Å². The molecule has 0 bridgehead atoms. The van der Waals surface area contributed by atoms with E-state index in [2.05, 4.69) is 32.0 Å². The zero-order valence-electron chi connectivity index (χ0n) is 16.1. The molecule has 0 aromatic heterocycles. The predicted octanol–water partition coefficient (Wildman–Crippen LogP) is 6.33. The molecule has 0 atom stereocenters. The van der Waals surface area contributed by atoms with Crippen LogP contribution < -0.4 is 0 Å². The third-order valence-electron chi connectivity index (χ3n) is 4.99. The summed E-state index contributed by atoms with van der Waals surface area (Å²) in [6, 6.07) is 9.62. The second-order valence-corrected chi connectivity index (χ2v) is 8.66. The molecular weight excluding hydrogens is 344 g/mol. The molecule has 0 radical (unpaired) electrons. The third-order valence-corrected chi connectivity index (χ3v) is 5.82. The Bertz CT molecular complexity index is 809. The molecule has 0 aliphatic rings. The number of unbranched alkanes of at least 4 members (excludes halogenated alkanes) is 6. The summed E-state index contributed by atoms with van der Waals surface area (Å²) in [5, 5.41) is 2.02. The fourth-order valence-electron chi connectivity index (χ4n) is 3.48. The van der Waals surface area contributed by atoms with Crippen molar-refractivity contribution in [2.75, 3.05) is 0 Å². The van der Waals surface area contributed by atoms with Gasteiger partial charge in [0.1, 0.15) is 0 Å². The van der Waals surface area contributed by atoms with Gasteiger partial charge >= 0.3 is 0 Å². The minimum absolute atomic E-state index is 0.0126. The molecule has 2 rings (SSSR count). The number of fused-ring (bicyclic) bond motifs is 1. The molecule has 1 N–H and O–H groups in total. The topological polar surface area (TPSA) is 54.4 Å². The molecule has 0 saturated heterocycles. The van der Waals surface area contributed by atoms with Gasteiger partial charge in [-0.3, -0.25) is 4.55 Å². The van der Waals surface area contributed by atoms with E-state index in [1.807, 2.05) is 0 Å². The van der Waals surface area contributed by atoms with Crippen LogP contribution in [0.15, 0.2) is 35.2 Å². The van der Waals surface area contributed by atoms with E-state index in [0.717, 1.165) is 48.4 Å². The largest absolute Gasteiger partial charge is 0.294 e. The number of hydrogen-bond acceptors (Lipinski definition) is 2. The molecule has 0 saturated carbocycles. The lowest BCUT2D eigenvalue weighted by Crippen LogP contribution is -2.01. The van der Waals surface area contributed by atoms with E-state index in [4.69, 9.17) is 0 Å². The Morgan fingerprint density at radius 1 is 0.808 bits per heavy atom. The molecule has 0 fully saturated rings. The molecule has 4 heteroatoms. The summed E-state index contributed by atoms with van der Waals surface area (Å²) in [5.41, 5.74) is 2.25. The second-order valence-electron chi connectivity index (χ2n) is 7.23. The molecule has 144 valence electrons. The van der Waals surface area contributed by atoms with Gasteiger partial charge in [-0.25, -0.2) is 0 Å². The summed E-state index contributed by atoms with van der Waals surface area (Å²) in [4.78, 5) is 0.0126. The molecule has 26 heavy (non-hydrogen) atoms. The van der Waals surface area contributed by atoms with Gasteiger partial charge in [-0.05, 0) is 59.7 Å². The lowest BCUT2D eigenvalue weighted by molar-refractivity contribution is 0.483. The Morgan fingerprint density at radius 3 is 2.08 bits per heavy atom. The standard InChI is InChI=1S/C22H32O3S/c1-3-5-7-9-11-18-13-14-22-19(12-10-8-6-4-2)16-21(26(23,24)25)17-20(22)15-18/h13-17H,3-12H2,1-2H3,(H,23,24,25). The van der Waals surface area contributed by atoms with Crippen molar-refractivity contribution in [2.45, 2.75) is 83.0 Å². The van der Waals surface area contributed by atoms with Crippen molar-refractivity contribution in [3.8, 4) is 0 Å². The normalized spacial score (nSPS) is 12.0. The van der Waals surface area contributed by atoms with Gasteiger partial charge in [-0.2, -0.15) is 8.42 Å². The minimum Gasteiger partial charge on any atom is -0.282 e. The van der Waals surface area contributed by atoms with E-state index in [1.54, 1.807) is 12.1 Å². The number of rotatable bonds is 11. The highest BCUT2D eigenvalue weighted by molar-refractivity contribution is 7.85. The average molecular weight is 377 g/mol. The number of benzene rings is 2.